The fraction of sp³-hybridized carbons (Fsp3) is 0.444. The summed E-state index contributed by atoms with van der Waals surface area (Å²) < 4.78 is 5.83. The van der Waals surface area contributed by atoms with Crippen molar-refractivity contribution in [3.05, 3.63) is 11.8 Å². The van der Waals surface area contributed by atoms with Gasteiger partial charge < -0.3 is 24.5 Å². The normalized spacial score (nSPS) is 11.4. The second kappa shape index (κ2) is 6.63. The van der Waals surface area contributed by atoms with Gasteiger partial charge in [-0.05, 0) is 6.92 Å². The molecule has 0 saturated heterocycles. The zero-order valence-electron chi connectivity index (χ0n) is 9.80. The van der Waals surface area contributed by atoms with E-state index < -0.39 is 24.4 Å². The molecule has 17 heavy (non-hydrogen) atoms. The summed E-state index contributed by atoms with van der Waals surface area (Å²) in [6, 6.07) is 0.0549. The van der Waals surface area contributed by atoms with Gasteiger partial charge in [0.15, 0.2) is 0 Å². The topological polar surface area (TPSA) is 107 Å². The van der Waals surface area contributed by atoms with Crippen LogP contribution < -0.4 is 44.5 Å². The first-order valence-electron chi connectivity index (χ1n) is 4.46. The maximum atomic E-state index is 10.8. The number of carboxylic acids is 2. The second-order valence-corrected chi connectivity index (χ2v) is 3.18. The maximum Gasteiger partial charge on any atom is 1.00 e. The molecule has 0 aliphatic rings. The molecule has 0 aliphatic carbocycles. The van der Waals surface area contributed by atoms with Gasteiger partial charge in [-0.1, -0.05) is 0 Å². The van der Waals surface area contributed by atoms with Crippen molar-refractivity contribution >= 4 is 11.9 Å². The van der Waals surface area contributed by atoms with Crippen molar-refractivity contribution in [2.45, 2.75) is 19.4 Å². The number of nitrogens with zero attached hydrogens (tertiary/aromatic N) is 2. The molecule has 0 aromatic carbocycles. The third-order valence-electron chi connectivity index (χ3n) is 1.96. The number of carbonyl (C=O) groups is 2. The smallest absolute Gasteiger partial charge is 0.550 e. The number of ether oxygens (including phenoxy) is 1. The van der Waals surface area contributed by atoms with E-state index in [0.717, 1.165) is 4.68 Å². The van der Waals surface area contributed by atoms with E-state index in [-0.39, 0.29) is 35.4 Å². The Hall–Kier alpha value is -1.05. The van der Waals surface area contributed by atoms with E-state index in [4.69, 9.17) is 4.74 Å². The minimum Gasteiger partial charge on any atom is -0.550 e. The van der Waals surface area contributed by atoms with E-state index in [1.54, 1.807) is 6.92 Å². The summed E-state index contributed by atoms with van der Waals surface area (Å²) in [7, 11) is 1.33. The fourth-order valence-corrected chi connectivity index (χ4v) is 1.30. The summed E-state index contributed by atoms with van der Waals surface area (Å²) in [5, 5.41) is 25.0. The number of aryl methyl sites for hydroxylation is 1. The molecular weight excluding hydrogens is 239 g/mol. The first kappa shape index (κ1) is 16.0. The summed E-state index contributed by atoms with van der Waals surface area (Å²) in [6.07, 6.45) is -0.722. The summed E-state index contributed by atoms with van der Waals surface area (Å²) >= 11 is 0. The largest absolute Gasteiger partial charge is 1.00 e. The molecule has 0 N–H and O–H groups in total. The molecule has 1 aromatic rings. The quantitative estimate of drug-likeness (QED) is 0.482. The zero-order chi connectivity index (χ0) is 12.3. The van der Waals surface area contributed by atoms with E-state index >= 15 is 0 Å². The molecular formula is C9H10N2NaO5-. The molecule has 0 bridgehead atoms. The molecule has 1 heterocycles. The Morgan fingerprint density at radius 3 is 2.53 bits per heavy atom. The van der Waals surface area contributed by atoms with Crippen molar-refractivity contribution in [1.82, 2.24) is 9.78 Å². The number of methoxy groups -OCH3 is 1. The minimum atomic E-state index is -1.55. The van der Waals surface area contributed by atoms with Crippen molar-refractivity contribution in [2.24, 2.45) is 0 Å². The van der Waals surface area contributed by atoms with E-state index in [1.165, 1.54) is 13.2 Å². The van der Waals surface area contributed by atoms with Crippen LogP contribution in [-0.4, -0.2) is 28.8 Å². The molecule has 0 radical (unpaired) electrons. The number of hydrogen-bond donors (Lipinski definition) is 0. The predicted octanol–water partition coefficient (Wildman–Crippen LogP) is -5.36. The van der Waals surface area contributed by atoms with Crippen LogP contribution in [0.25, 0.3) is 0 Å². The molecule has 0 aliphatic heterocycles. The Kier molecular flexibility index (Phi) is 6.22. The molecule has 1 aromatic heterocycles. The van der Waals surface area contributed by atoms with Crippen LogP contribution in [0.2, 0.25) is 0 Å². The van der Waals surface area contributed by atoms with Gasteiger partial charge in [-0.25, -0.2) is 4.68 Å². The Labute approximate surface area is 120 Å². The predicted molar refractivity (Wildman–Crippen MR) is 47.2 cm³/mol. The Bertz CT molecular complexity index is 418. The van der Waals surface area contributed by atoms with Crippen LogP contribution >= 0.6 is 0 Å². The third-order valence-corrected chi connectivity index (χ3v) is 1.96. The number of carboxylic acid groups (broad SMARTS) is 2. The number of rotatable bonds is 5. The van der Waals surface area contributed by atoms with Crippen LogP contribution in [0.15, 0.2) is 6.07 Å². The molecule has 0 spiro atoms. The molecule has 1 unspecified atom stereocenters. The van der Waals surface area contributed by atoms with Crippen LogP contribution in [0, 0.1) is 6.92 Å². The van der Waals surface area contributed by atoms with Gasteiger partial charge in [0.2, 0.25) is 5.88 Å². The van der Waals surface area contributed by atoms with Crippen LogP contribution in [0.4, 0.5) is 0 Å². The SMILES string of the molecule is COc1cc(C)nn1C(CC(=O)[O-])C(=O)[O-].[Na+]. The molecule has 0 amide bonds. The van der Waals surface area contributed by atoms with Gasteiger partial charge in [-0.15, -0.1) is 0 Å². The van der Waals surface area contributed by atoms with E-state index in [1.807, 2.05) is 0 Å². The van der Waals surface area contributed by atoms with Crippen LogP contribution in [0.1, 0.15) is 18.2 Å². The average molecular weight is 249 g/mol. The van der Waals surface area contributed by atoms with Crippen molar-refractivity contribution in [3.63, 3.8) is 0 Å². The van der Waals surface area contributed by atoms with Gasteiger partial charge in [-0.2, -0.15) is 5.10 Å². The summed E-state index contributed by atoms with van der Waals surface area (Å²) in [6.45, 7) is 1.63. The van der Waals surface area contributed by atoms with E-state index in [2.05, 4.69) is 5.10 Å². The first-order chi connectivity index (χ1) is 7.45. The minimum absolute atomic E-state index is 0. The molecule has 0 fully saturated rings. The standard InChI is InChI=1S/C9H12N2O5.Na/c1-5-3-7(16-2)11(10-5)6(9(14)15)4-8(12)13;/h3,6H,4H2,1-2H3,(H,12,13)(H,14,15);/q;+1/p-2. The Morgan fingerprint density at radius 2 is 2.12 bits per heavy atom. The van der Waals surface area contributed by atoms with E-state index in [0.29, 0.717) is 5.69 Å². The molecule has 1 rings (SSSR count). The molecule has 88 valence electrons. The summed E-state index contributed by atoms with van der Waals surface area (Å²) in [5.41, 5.74) is 0.515. The monoisotopic (exact) mass is 249 g/mol. The maximum absolute atomic E-state index is 10.8. The van der Waals surface area contributed by atoms with Crippen LogP contribution in [-0.2, 0) is 9.59 Å². The van der Waals surface area contributed by atoms with Crippen molar-refractivity contribution in [2.75, 3.05) is 7.11 Å². The third kappa shape index (κ3) is 4.03. The van der Waals surface area contributed by atoms with Crippen molar-refractivity contribution in [1.29, 1.82) is 0 Å². The number of aromatic nitrogens is 2. The Morgan fingerprint density at radius 1 is 1.53 bits per heavy atom. The molecule has 7 nitrogen and oxygen atoms in total. The van der Waals surface area contributed by atoms with Gasteiger partial charge >= 0.3 is 29.6 Å². The van der Waals surface area contributed by atoms with Gasteiger partial charge in [0.25, 0.3) is 0 Å². The number of hydrogen-bond acceptors (Lipinski definition) is 6. The first-order valence-corrected chi connectivity index (χ1v) is 4.46. The van der Waals surface area contributed by atoms with Crippen LogP contribution in [0.5, 0.6) is 5.88 Å². The van der Waals surface area contributed by atoms with Gasteiger partial charge in [0.1, 0.15) is 6.04 Å². The number of aliphatic carboxylic acids is 2. The summed E-state index contributed by atoms with van der Waals surface area (Å²) in [5.74, 6) is -2.89. The molecule has 1 atom stereocenters. The van der Waals surface area contributed by atoms with E-state index in [9.17, 15) is 19.8 Å². The van der Waals surface area contributed by atoms with Crippen molar-refractivity contribution < 1.29 is 54.1 Å². The number of carbonyl (C=O) groups excluding carboxylic acids is 2. The zero-order valence-corrected chi connectivity index (χ0v) is 11.8. The van der Waals surface area contributed by atoms with Gasteiger partial charge in [-0.3, -0.25) is 0 Å². The van der Waals surface area contributed by atoms with Gasteiger partial charge in [0, 0.05) is 18.5 Å². The summed E-state index contributed by atoms with van der Waals surface area (Å²) in [4.78, 5) is 21.2. The van der Waals surface area contributed by atoms with Crippen LogP contribution in [0.3, 0.4) is 0 Å². The molecule has 8 heteroatoms. The second-order valence-electron chi connectivity index (χ2n) is 3.18. The average Bonchev–Trinajstić information content (AvgIpc) is 2.55. The molecule has 0 saturated carbocycles. The fourth-order valence-electron chi connectivity index (χ4n) is 1.30. The van der Waals surface area contributed by atoms with Crippen molar-refractivity contribution in [3.8, 4) is 5.88 Å². The Balaban J connectivity index is 0.00000256. The van der Waals surface area contributed by atoms with Gasteiger partial charge in [0.05, 0.1) is 18.8 Å².